The number of halogens is 1. The minimum atomic E-state index is -1.24. The van der Waals surface area contributed by atoms with Crippen LogP contribution in [0.25, 0.3) is 0 Å². The maximum atomic E-state index is 14.0. The second kappa shape index (κ2) is 12.4. The molecule has 12 heteroatoms. The molecule has 1 unspecified atom stereocenters. The number of benzene rings is 2. The molecular formula is C26H30FN5O5S. The van der Waals surface area contributed by atoms with Gasteiger partial charge in [-0.05, 0) is 65.8 Å². The summed E-state index contributed by atoms with van der Waals surface area (Å²) in [6.07, 6.45) is 0.707. The first-order chi connectivity index (χ1) is 18.1. The molecular weight excluding hydrogens is 513 g/mol. The van der Waals surface area contributed by atoms with Crippen molar-refractivity contribution in [2.24, 2.45) is 11.7 Å². The number of primary amides is 1. The molecule has 0 radical (unpaired) electrons. The molecule has 0 saturated heterocycles. The van der Waals surface area contributed by atoms with Gasteiger partial charge in [0.05, 0.1) is 19.9 Å². The summed E-state index contributed by atoms with van der Waals surface area (Å²) in [6, 6.07) is 8.67. The van der Waals surface area contributed by atoms with Crippen LogP contribution >= 0.6 is 11.5 Å². The maximum Gasteiger partial charge on any atom is 0.273 e. The van der Waals surface area contributed by atoms with Gasteiger partial charge >= 0.3 is 0 Å². The lowest BCUT2D eigenvalue weighted by atomic mass is 10.0. The van der Waals surface area contributed by atoms with Crippen molar-refractivity contribution in [3.8, 4) is 11.5 Å². The van der Waals surface area contributed by atoms with E-state index in [9.17, 15) is 18.8 Å². The van der Waals surface area contributed by atoms with E-state index in [2.05, 4.69) is 9.69 Å². The number of nitrogens with one attached hydrogen (secondary N) is 1. The molecule has 202 valence electrons. The number of aromatic nitrogens is 1. The topological polar surface area (TPSA) is 150 Å². The summed E-state index contributed by atoms with van der Waals surface area (Å²) in [7, 11) is 2.93. The van der Waals surface area contributed by atoms with Crippen LogP contribution in [0.15, 0.2) is 42.5 Å². The average molecular weight is 544 g/mol. The number of ether oxygens (including phenoxy) is 2. The number of amides is 3. The molecule has 1 aromatic heterocycles. The summed E-state index contributed by atoms with van der Waals surface area (Å²) in [5.74, 6) is -1.55. The monoisotopic (exact) mass is 543 g/mol. The summed E-state index contributed by atoms with van der Waals surface area (Å²) in [5, 5.41) is 2.89. The van der Waals surface area contributed by atoms with Gasteiger partial charge in [-0.2, -0.15) is 4.37 Å². The van der Waals surface area contributed by atoms with Crippen molar-refractivity contribution in [1.29, 1.82) is 0 Å². The maximum absolute atomic E-state index is 14.0. The number of nitrogen functional groups attached to an aromatic ring is 1. The summed E-state index contributed by atoms with van der Waals surface area (Å²) in [5.41, 5.74) is 11.5. The second-order valence-electron chi connectivity index (χ2n) is 8.78. The van der Waals surface area contributed by atoms with Crippen molar-refractivity contribution in [3.63, 3.8) is 0 Å². The third-order valence-corrected chi connectivity index (χ3v) is 6.58. The van der Waals surface area contributed by atoms with E-state index in [1.165, 1.54) is 43.4 Å². The lowest BCUT2D eigenvalue weighted by molar-refractivity contribution is -0.122. The van der Waals surface area contributed by atoms with Crippen LogP contribution in [0.4, 0.5) is 15.8 Å². The third-order valence-electron chi connectivity index (χ3n) is 5.73. The molecule has 38 heavy (non-hydrogen) atoms. The molecule has 5 N–H and O–H groups in total. The molecule has 0 aliphatic heterocycles. The molecule has 10 nitrogen and oxygen atoms in total. The lowest BCUT2D eigenvalue weighted by Gasteiger charge is -2.31. The van der Waals surface area contributed by atoms with Crippen LogP contribution in [-0.2, 0) is 4.79 Å². The van der Waals surface area contributed by atoms with Crippen LogP contribution in [-0.4, -0.2) is 42.9 Å². The van der Waals surface area contributed by atoms with Crippen molar-refractivity contribution >= 4 is 40.6 Å². The number of anilines is 2. The van der Waals surface area contributed by atoms with Gasteiger partial charge in [-0.15, -0.1) is 0 Å². The molecule has 3 aromatic rings. The number of nitrogens with zero attached hydrogens (tertiary/aromatic N) is 2. The van der Waals surface area contributed by atoms with E-state index in [4.69, 9.17) is 20.9 Å². The fraction of sp³-hybridized carbons (Fsp3) is 0.308. The Balaban J connectivity index is 2.21. The zero-order valence-corrected chi connectivity index (χ0v) is 22.3. The molecule has 0 aliphatic rings. The number of carbonyl (C=O) groups excluding carboxylic acids is 3. The van der Waals surface area contributed by atoms with Crippen molar-refractivity contribution in [2.45, 2.75) is 26.3 Å². The fourth-order valence-electron chi connectivity index (χ4n) is 3.75. The highest BCUT2D eigenvalue weighted by molar-refractivity contribution is 7.09. The molecule has 1 atom stereocenters. The molecule has 0 spiro atoms. The normalized spacial score (nSPS) is 11.6. The van der Waals surface area contributed by atoms with Gasteiger partial charge in [-0.25, -0.2) is 4.39 Å². The van der Waals surface area contributed by atoms with Gasteiger partial charge in [-0.3, -0.25) is 19.3 Å². The summed E-state index contributed by atoms with van der Waals surface area (Å²) < 4.78 is 28.5. The Morgan fingerprint density at radius 2 is 1.74 bits per heavy atom. The molecule has 0 aliphatic carbocycles. The first kappa shape index (κ1) is 28.4. The average Bonchev–Trinajstić information content (AvgIpc) is 3.28. The van der Waals surface area contributed by atoms with Gasteiger partial charge in [-0.1, -0.05) is 19.9 Å². The smallest absolute Gasteiger partial charge is 0.273 e. The Bertz CT molecular complexity index is 1310. The highest BCUT2D eigenvalue weighted by Gasteiger charge is 2.36. The Labute approximate surface area is 223 Å². The number of hydrogen-bond acceptors (Lipinski definition) is 8. The first-order valence-corrected chi connectivity index (χ1v) is 12.5. The molecule has 1 heterocycles. The zero-order chi connectivity index (χ0) is 28.0. The lowest BCUT2D eigenvalue weighted by Crippen LogP contribution is -2.44. The van der Waals surface area contributed by atoms with Crippen molar-refractivity contribution in [1.82, 2.24) is 9.69 Å². The van der Waals surface area contributed by atoms with E-state index < -0.39 is 29.6 Å². The molecule has 0 saturated carbocycles. The Hall–Kier alpha value is -4.19. The summed E-state index contributed by atoms with van der Waals surface area (Å²) >= 11 is 0.681. The van der Waals surface area contributed by atoms with E-state index in [0.717, 1.165) is 0 Å². The van der Waals surface area contributed by atoms with Gasteiger partial charge < -0.3 is 26.3 Å². The van der Waals surface area contributed by atoms with Crippen molar-refractivity contribution in [2.75, 3.05) is 31.4 Å². The third kappa shape index (κ3) is 6.20. The van der Waals surface area contributed by atoms with Crippen LogP contribution in [0.2, 0.25) is 0 Å². The van der Waals surface area contributed by atoms with Crippen LogP contribution < -0.4 is 31.2 Å². The molecule has 3 amide bonds. The number of hydrogen-bond donors (Lipinski definition) is 3. The number of carbonyl (C=O) groups is 3. The highest BCUT2D eigenvalue weighted by atomic mass is 32.1. The van der Waals surface area contributed by atoms with Gasteiger partial charge in [0.1, 0.15) is 16.7 Å². The van der Waals surface area contributed by atoms with Gasteiger partial charge in [0, 0.05) is 12.2 Å². The van der Waals surface area contributed by atoms with E-state index >= 15 is 0 Å². The first-order valence-electron chi connectivity index (χ1n) is 11.7. The van der Waals surface area contributed by atoms with E-state index in [0.29, 0.717) is 47.5 Å². The van der Waals surface area contributed by atoms with Gasteiger partial charge in [0.25, 0.3) is 11.8 Å². The predicted octanol–water partition coefficient (Wildman–Crippen LogP) is 3.53. The van der Waals surface area contributed by atoms with Gasteiger partial charge in [0.2, 0.25) is 5.91 Å². The Morgan fingerprint density at radius 1 is 1.08 bits per heavy atom. The minimum Gasteiger partial charge on any atom is -0.493 e. The standard InChI is InChI=1S/C26H30FN5O5S/c1-14(2)11-12-30-25(34)22(15-5-10-18(36-3)19(13-15)37-4)32(17-8-6-16(27)7-9-17)26(35)23-20(28)21(24(29)33)31-38-23/h5-10,13-14,22H,11-12,28H2,1-4H3,(H2,29,33)(H,30,34). The fourth-order valence-corrected chi connectivity index (χ4v) is 4.49. The number of rotatable bonds is 11. The number of nitrogens with two attached hydrogens (primary N) is 2. The SMILES string of the molecule is COc1ccc(C(C(=O)NCCC(C)C)N(C(=O)c2snc(C(N)=O)c2N)c2ccc(F)cc2)cc1OC. The molecule has 0 fully saturated rings. The highest BCUT2D eigenvalue weighted by Crippen LogP contribution is 2.36. The quantitative estimate of drug-likeness (QED) is 0.335. The van der Waals surface area contributed by atoms with E-state index in [-0.39, 0.29) is 21.9 Å². The zero-order valence-electron chi connectivity index (χ0n) is 21.5. The summed E-state index contributed by atoms with van der Waals surface area (Å²) in [4.78, 5) is 40.5. The van der Waals surface area contributed by atoms with Crippen molar-refractivity contribution in [3.05, 3.63) is 64.4 Å². The molecule has 0 bridgehead atoms. The predicted molar refractivity (Wildman–Crippen MR) is 143 cm³/mol. The van der Waals surface area contributed by atoms with Crippen LogP contribution in [0.5, 0.6) is 11.5 Å². The molecule has 3 rings (SSSR count). The van der Waals surface area contributed by atoms with Crippen LogP contribution in [0.1, 0.15) is 52.0 Å². The van der Waals surface area contributed by atoms with Gasteiger partial charge in [0.15, 0.2) is 17.2 Å². The molecule has 2 aromatic carbocycles. The van der Waals surface area contributed by atoms with E-state index in [1.807, 2.05) is 13.8 Å². The van der Waals surface area contributed by atoms with Crippen LogP contribution in [0, 0.1) is 11.7 Å². The Kier molecular flexibility index (Phi) is 9.24. The second-order valence-corrected chi connectivity index (χ2v) is 9.55. The van der Waals surface area contributed by atoms with Crippen LogP contribution in [0.3, 0.4) is 0 Å². The van der Waals surface area contributed by atoms with Crippen molar-refractivity contribution < 1.29 is 28.2 Å². The minimum absolute atomic E-state index is 0.0939. The van der Waals surface area contributed by atoms with E-state index in [1.54, 1.807) is 18.2 Å². The summed E-state index contributed by atoms with van der Waals surface area (Å²) in [6.45, 7) is 4.41. The Morgan fingerprint density at radius 3 is 2.29 bits per heavy atom. The largest absolute Gasteiger partial charge is 0.493 e. The number of methoxy groups -OCH3 is 2.